The summed E-state index contributed by atoms with van der Waals surface area (Å²) in [6, 6.07) is 6.01. The third kappa shape index (κ3) is 2.65. The molecule has 23 heavy (non-hydrogen) atoms. The first kappa shape index (κ1) is 14.4. The zero-order chi connectivity index (χ0) is 15.8. The second kappa shape index (κ2) is 5.81. The third-order valence-electron chi connectivity index (χ3n) is 4.27. The number of amides is 1. The molecule has 3 aromatic heterocycles. The lowest BCUT2D eigenvalue weighted by Crippen LogP contribution is -2.15. The van der Waals surface area contributed by atoms with Gasteiger partial charge in [0.2, 0.25) is 0 Å². The summed E-state index contributed by atoms with van der Waals surface area (Å²) in [5, 5.41) is 7.31. The number of carbonyl (C=O) groups is 1. The number of anilines is 1. The van der Waals surface area contributed by atoms with Crippen LogP contribution in [0.4, 0.5) is 5.82 Å². The second-order valence-corrected chi connectivity index (χ2v) is 6.62. The number of fused-ring (bicyclic) bond motifs is 1. The molecule has 1 aliphatic rings. The van der Waals surface area contributed by atoms with Gasteiger partial charge in [0.15, 0.2) is 11.3 Å². The summed E-state index contributed by atoms with van der Waals surface area (Å²) in [7, 11) is 0. The molecular weight excluding hydrogens is 358 g/mol. The highest BCUT2D eigenvalue weighted by Crippen LogP contribution is 2.28. The van der Waals surface area contributed by atoms with Crippen molar-refractivity contribution in [3.05, 3.63) is 47.0 Å². The fourth-order valence-electron chi connectivity index (χ4n) is 3.08. The highest BCUT2D eigenvalue weighted by molar-refractivity contribution is 9.10. The molecule has 6 nitrogen and oxygen atoms in total. The minimum absolute atomic E-state index is 0.219. The van der Waals surface area contributed by atoms with Crippen LogP contribution in [0.5, 0.6) is 0 Å². The first-order chi connectivity index (χ1) is 11.2. The molecule has 1 N–H and O–H groups in total. The molecule has 0 bridgehead atoms. The Morgan fingerprint density at radius 2 is 2.09 bits per heavy atom. The largest absolute Gasteiger partial charge is 0.305 e. The van der Waals surface area contributed by atoms with Gasteiger partial charge < -0.3 is 5.32 Å². The van der Waals surface area contributed by atoms with E-state index in [-0.39, 0.29) is 5.91 Å². The van der Waals surface area contributed by atoms with E-state index in [1.54, 1.807) is 12.3 Å². The Morgan fingerprint density at radius 3 is 2.91 bits per heavy atom. The summed E-state index contributed by atoms with van der Waals surface area (Å²) in [6.07, 6.45) is 10.2. The number of halogens is 1. The molecule has 1 amide bonds. The Labute approximate surface area is 141 Å². The maximum Gasteiger partial charge on any atom is 0.277 e. The minimum atomic E-state index is -0.219. The second-order valence-electron chi connectivity index (χ2n) is 5.77. The predicted octanol–water partition coefficient (Wildman–Crippen LogP) is 3.66. The van der Waals surface area contributed by atoms with Crippen LogP contribution < -0.4 is 5.32 Å². The summed E-state index contributed by atoms with van der Waals surface area (Å²) >= 11 is 3.45. The molecule has 3 heterocycles. The predicted molar refractivity (Wildman–Crippen MR) is 90.6 cm³/mol. The van der Waals surface area contributed by atoms with E-state index in [4.69, 9.17) is 0 Å². The molecule has 0 aromatic carbocycles. The van der Waals surface area contributed by atoms with Crippen LogP contribution in [0.15, 0.2) is 41.3 Å². The molecule has 1 aliphatic carbocycles. The molecule has 0 saturated heterocycles. The van der Waals surface area contributed by atoms with Crippen molar-refractivity contribution < 1.29 is 4.79 Å². The highest BCUT2D eigenvalue weighted by Gasteiger charge is 2.19. The van der Waals surface area contributed by atoms with Crippen molar-refractivity contribution >= 4 is 33.3 Å². The number of hydrogen-bond donors (Lipinski definition) is 1. The van der Waals surface area contributed by atoms with Gasteiger partial charge in [-0.1, -0.05) is 12.8 Å². The molecule has 0 unspecified atom stereocenters. The maximum atomic E-state index is 12.4. The highest BCUT2D eigenvalue weighted by atomic mass is 79.9. The number of rotatable bonds is 3. The number of aromatic nitrogens is 4. The van der Waals surface area contributed by atoms with E-state index in [2.05, 4.69) is 31.3 Å². The molecule has 0 aliphatic heterocycles. The van der Waals surface area contributed by atoms with Crippen LogP contribution >= 0.6 is 15.9 Å². The Balaban J connectivity index is 1.56. The van der Waals surface area contributed by atoms with E-state index in [0.717, 1.165) is 23.0 Å². The Bertz CT molecular complexity index is 862. The molecule has 1 saturated carbocycles. The van der Waals surface area contributed by atoms with Crippen molar-refractivity contribution in [2.24, 2.45) is 0 Å². The van der Waals surface area contributed by atoms with Crippen molar-refractivity contribution in [3.8, 4) is 0 Å². The minimum Gasteiger partial charge on any atom is -0.305 e. The van der Waals surface area contributed by atoms with E-state index in [1.807, 2.05) is 33.6 Å². The van der Waals surface area contributed by atoms with Crippen LogP contribution in [0, 0.1) is 0 Å². The maximum absolute atomic E-state index is 12.4. The first-order valence-corrected chi connectivity index (χ1v) is 8.50. The molecule has 118 valence electrons. The van der Waals surface area contributed by atoms with Gasteiger partial charge in [0.1, 0.15) is 5.82 Å². The van der Waals surface area contributed by atoms with Crippen molar-refractivity contribution in [2.45, 2.75) is 31.7 Å². The monoisotopic (exact) mass is 373 g/mol. The molecule has 0 atom stereocenters. The molecule has 3 aromatic rings. The number of nitrogens with one attached hydrogen (secondary N) is 1. The molecular formula is C16H16BrN5O. The number of carbonyl (C=O) groups excluding carboxylic acids is 1. The van der Waals surface area contributed by atoms with Crippen molar-refractivity contribution in [2.75, 3.05) is 5.32 Å². The first-order valence-electron chi connectivity index (χ1n) is 7.70. The lowest BCUT2D eigenvalue weighted by Gasteiger charge is -2.08. The summed E-state index contributed by atoms with van der Waals surface area (Å²) < 4.78 is 4.63. The molecule has 0 spiro atoms. The zero-order valence-corrected chi connectivity index (χ0v) is 14.0. The standard InChI is InChI=1S/C16H16BrN5O/c17-12-6-3-8-21-14(10-18-15(12)21)19-16(23)13-7-9-22(20-13)11-4-1-2-5-11/h3,6-11H,1-2,4-5H2,(H,19,23). The quantitative estimate of drug-likeness (QED) is 0.761. The van der Waals surface area contributed by atoms with Crippen LogP contribution in [-0.4, -0.2) is 25.1 Å². The van der Waals surface area contributed by atoms with Gasteiger partial charge in [-0.15, -0.1) is 0 Å². The van der Waals surface area contributed by atoms with Crippen molar-refractivity contribution in [1.82, 2.24) is 19.2 Å². The summed E-state index contributed by atoms with van der Waals surface area (Å²) in [5.74, 6) is 0.408. The van der Waals surface area contributed by atoms with Gasteiger partial charge in [0, 0.05) is 12.4 Å². The molecule has 1 fully saturated rings. The lowest BCUT2D eigenvalue weighted by atomic mass is 10.3. The zero-order valence-electron chi connectivity index (χ0n) is 12.4. The van der Waals surface area contributed by atoms with E-state index >= 15 is 0 Å². The number of nitrogens with zero attached hydrogens (tertiary/aromatic N) is 4. The average Bonchev–Trinajstić information content (AvgIpc) is 3.28. The van der Waals surface area contributed by atoms with Crippen LogP contribution in [0.3, 0.4) is 0 Å². The Hall–Kier alpha value is -2.15. The van der Waals surface area contributed by atoms with Gasteiger partial charge in [-0.25, -0.2) is 4.98 Å². The molecule has 0 radical (unpaired) electrons. The van der Waals surface area contributed by atoms with Gasteiger partial charge in [-0.3, -0.25) is 13.9 Å². The SMILES string of the molecule is O=C(Nc1cnc2c(Br)cccn12)c1ccn(C2CCCC2)n1. The number of pyridine rings is 1. The molecule has 7 heteroatoms. The molecule has 4 rings (SSSR count). The fourth-order valence-corrected chi connectivity index (χ4v) is 3.53. The van der Waals surface area contributed by atoms with E-state index in [9.17, 15) is 4.79 Å². The van der Waals surface area contributed by atoms with E-state index in [0.29, 0.717) is 17.6 Å². The summed E-state index contributed by atoms with van der Waals surface area (Å²) in [4.78, 5) is 16.7. The Kier molecular flexibility index (Phi) is 3.65. The fraction of sp³-hybridized carbons (Fsp3) is 0.312. The van der Waals surface area contributed by atoms with E-state index in [1.165, 1.54) is 12.8 Å². The van der Waals surface area contributed by atoms with Gasteiger partial charge in [-0.2, -0.15) is 5.10 Å². The third-order valence-corrected chi connectivity index (χ3v) is 4.89. The van der Waals surface area contributed by atoms with Gasteiger partial charge in [-0.05, 0) is 47.0 Å². The van der Waals surface area contributed by atoms with Gasteiger partial charge in [0.05, 0.1) is 16.7 Å². The van der Waals surface area contributed by atoms with Crippen LogP contribution in [0.1, 0.15) is 42.2 Å². The smallest absolute Gasteiger partial charge is 0.277 e. The Morgan fingerprint density at radius 1 is 1.26 bits per heavy atom. The number of imidazole rings is 1. The van der Waals surface area contributed by atoms with Crippen molar-refractivity contribution in [1.29, 1.82) is 0 Å². The topological polar surface area (TPSA) is 64.2 Å². The number of hydrogen-bond acceptors (Lipinski definition) is 3. The average molecular weight is 374 g/mol. The van der Waals surface area contributed by atoms with Gasteiger partial charge in [0.25, 0.3) is 5.91 Å². The van der Waals surface area contributed by atoms with Crippen LogP contribution in [0.25, 0.3) is 5.65 Å². The van der Waals surface area contributed by atoms with Crippen LogP contribution in [-0.2, 0) is 0 Å². The summed E-state index contributed by atoms with van der Waals surface area (Å²) in [5.41, 5.74) is 1.20. The van der Waals surface area contributed by atoms with Crippen molar-refractivity contribution in [3.63, 3.8) is 0 Å². The van der Waals surface area contributed by atoms with Crippen LogP contribution in [0.2, 0.25) is 0 Å². The summed E-state index contributed by atoms with van der Waals surface area (Å²) in [6.45, 7) is 0. The van der Waals surface area contributed by atoms with Gasteiger partial charge >= 0.3 is 0 Å². The lowest BCUT2D eigenvalue weighted by molar-refractivity contribution is 0.102. The normalized spacial score (nSPS) is 15.3. The van der Waals surface area contributed by atoms with E-state index < -0.39 is 0 Å².